The fourth-order valence-corrected chi connectivity index (χ4v) is 3.83. The zero-order chi connectivity index (χ0) is 18.5. The minimum absolute atomic E-state index is 0.320. The molecule has 0 radical (unpaired) electrons. The summed E-state index contributed by atoms with van der Waals surface area (Å²) >= 11 is 2.63. The first-order chi connectivity index (χ1) is 12.6. The van der Waals surface area contributed by atoms with Gasteiger partial charge in [0.15, 0.2) is 0 Å². The molecule has 3 aromatic rings. The van der Waals surface area contributed by atoms with Crippen molar-refractivity contribution in [1.82, 2.24) is 4.98 Å². The van der Waals surface area contributed by atoms with Gasteiger partial charge in [-0.15, -0.1) is 22.7 Å². The third kappa shape index (κ3) is 4.09. The van der Waals surface area contributed by atoms with E-state index >= 15 is 0 Å². The molecule has 0 aliphatic heterocycles. The van der Waals surface area contributed by atoms with E-state index in [1.165, 1.54) is 29.8 Å². The fraction of sp³-hybridized carbons (Fsp3) is 0.167. The van der Waals surface area contributed by atoms with E-state index in [2.05, 4.69) is 10.3 Å². The standard InChI is InChI=1S/C18H16N2O4S2/c1-23-12-5-3-11(4-6-12)9-15-19-14(10-26-15)17(21)20-13-7-8-25-16(13)18(22)24-2/h3-8,10H,9H2,1-2H3,(H,20,21). The number of esters is 1. The number of ether oxygens (including phenoxy) is 2. The van der Waals surface area contributed by atoms with Crippen LogP contribution in [0.4, 0.5) is 5.69 Å². The van der Waals surface area contributed by atoms with Crippen LogP contribution in [0.3, 0.4) is 0 Å². The number of carbonyl (C=O) groups is 2. The number of carbonyl (C=O) groups excluding carboxylic acids is 2. The van der Waals surface area contributed by atoms with E-state index in [4.69, 9.17) is 9.47 Å². The largest absolute Gasteiger partial charge is 0.497 e. The predicted molar refractivity (Wildman–Crippen MR) is 102 cm³/mol. The molecule has 0 aliphatic rings. The van der Waals surface area contributed by atoms with Crippen LogP contribution in [0.5, 0.6) is 5.75 Å². The van der Waals surface area contributed by atoms with Crippen molar-refractivity contribution < 1.29 is 19.1 Å². The summed E-state index contributed by atoms with van der Waals surface area (Å²) in [6.45, 7) is 0. The number of rotatable bonds is 6. The molecule has 0 bridgehead atoms. The Morgan fingerprint density at radius 3 is 2.58 bits per heavy atom. The van der Waals surface area contributed by atoms with E-state index in [0.717, 1.165) is 16.3 Å². The van der Waals surface area contributed by atoms with Gasteiger partial charge in [0.1, 0.15) is 16.3 Å². The minimum Gasteiger partial charge on any atom is -0.497 e. The molecular weight excluding hydrogens is 372 g/mol. The summed E-state index contributed by atoms with van der Waals surface area (Å²) in [4.78, 5) is 28.8. The van der Waals surface area contributed by atoms with Crippen LogP contribution in [-0.4, -0.2) is 31.1 Å². The van der Waals surface area contributed by atoms with Crippen molar-refractivity contribution in [1.29, 1.82) is 0 Å². The lowest BCUT2D eigenvalue weighted by Crippen LogP contribution is -2.14. The van der Waals surface area contributed by atoms with E-state index in [1.807, 2.05) is 24.3 Å². The van der Waals surface area contributed by atoms with Crippen molar-refractivity contribution in [2.75, 3.05) is 19.5 Å². The van der Waals surface area contributed by atoms with Crippen molar-refractivity contribution in [2.24, 2.45) is 0 Å². The van der Waals surface area contributed by atoms with Crippen molar-refractivity contribution in [3.8, 4) is 5.75 Å². The lowest BCUT2D eigenvalue weighted by atomic mass is 10.1. The maximum atomic E-state index is 12.4. The van der Waals surface area contributed by atoms with Crippen LogP contribution >= 0.6 is 22.7 Å². The monoisotopic (exact) mass is 388 g/mol. The molecule has 26 heavy (non-hydrogen) atoms. The van der Waals surface area contributed by atoms with Crippen molar-refractivity contribution in [3.63, 3.8) is 0 Å². The SMILES string of the molecule is COC(=O)c1sccc1NC(=O)c1csc(Cc2ccc(OC)cc2)n1. The van der Waals surface area contributed by atoms with Gasteiger partial charge in [0.05, 0.1) is 24.9 Å². The molecule has 0 atom stereocenters. The maximum absolute atomic E-state index is 12.4. The molecule has 0 unspecified atom stereocenters. The highest BCUT2D eigenvalue weighted by Gasteiger charge is 2.18. The molecule has 0 spiro atoms. The number of thiazole rings is 1. The molecule has 2 aromatic heterocycles. The van der Waals surface area contributed by atoms with Crippen LogP contribution in [0.1, 0.15) is 30.7 Å². The second kappa shape index (κ2) is 8.11. The average molecular weight is 388 g/mol. The Hall–Kier alpha value is -2.71. The van der Waals surface area contributed by atoms with E-state index in [-0.39, 0.29) is 5.91 Å². The molecule has 1 amide bonds. The second-order valence-corrected chi connectivity index (χ2v) is 7.12. The highest BCUT2D eigenvalue weighted by Crippen LogP contribution is 2.24. The number of hydrogen-bond donors (Lipinski definition) is 1. The van der Waals surface area contributed by atoms with E-state index in [0.29, 0.717) is 22.7 Å². The average Bonchev–Trinajstić information content (AvgIpc) is 3.31. The van der Waals surface area contributed by atoms with Crippen LogP contribution in [0, 0.1) is 0 Å². The van der Waals surface area contributed by atoms with Gasteiger partial charge >= 0.3 is 5.97 Å². The fourth-order valence-electron chi connectivity index (χ4n) is 2.26. The number of nitrogens with one attached hydrogen (secondary N) is 1. The Balaban J connectivity index is 1.68. The number of hydrogen-bond acceptors (Lipinski definition) is 7. The smallest absolute Gasteiger partial charge is 0.350 e. The molecule has 1 aromatic carbocycles. The van der Waals surface area contributed by atoms with Gasteiger partial charge in [-0.05, 0) is 29.1 Å². The maximum Gasteiger partial charge on any atom is 0.350 e. The van der Waals surface area contributed by atoms with Crippen LogP contribution < -0.4 is 10.1 Å². The van der Waals surface area contributed by atoms with Gasteiger partial charge in [0.25, 0.3) is 5.91 Å². The molecule has 0 fully saturated rings. The first-order valence-corrected chi connectivity index (χ1v) is 9.41. The molecule has 6 nitrogen and oxygen atoms in total. The summed E-state index contributed by atoms with van der Waals surface area (Å²) in [6, 6.07) is 9.38. The lowest BCUT2D eigenvalue weighted by molar-refractivity contribution is 0.0607. The first-order valence-electron chi connectivity index (χ1n) is 7.65. The molecule has 0 saturated heterocycles. The Morgan fingerprint density at radius 2 is 1.88 bits per heavy atom. The predicted octanol–water partition coefficient (Wildman–Crippen LogP) is 3.84. The zero-order valence-electron chi connectivity index (χ0n) is 14.1. The van der Waals surface area contributed by atoms with Gasteiger partial charge < -0.3 is 14.8 Å². The number of nitrogens with zero attached hydrogens (tertiary/aromatic N) is 1. The van der Waals surface area contributed by atoms with Gasteiger partial charge in [-0.25, -0.2) is 9.78 Å². The zero-order valence-corrected chi connectivity index (χ0v) is 15.8. The number of aromatic nitrogens is 1. The quantitative estimate of drug-likeness (QED) is 0.649. The second-order valence-electron chi connectivity index (χ2n) is 5.26. The van der Waals surface area contributed by atoms with Crippen LogP contribution in [-0.2, 0) is 11.2 Å². The Labute approximate surface area is 158 Å². The third-order valence-corrected chi connectivity index (χ3v) is 5.33. The molecule has 1 N–H and O–H groups in total. The summed E-state index contributed by atoms with van der Waals surface area (Å²) in [7, 11) is 2.93. The van der Waals surface area contributed by atoms with E-state index in [1.54, 1.807) is 23.9 Å². The van der Waals surface area contributed by atoms with Gasteiger partial charge in [-0.1, -0.05) is 12.1 Å². The molecular formula is C18H16N2O4S2. The molecule has 0 saturated carbocycles. The molecule has 134 valence electrons. The van der Waals surface area contributed by atoms with Gasteiger partial charge in [0.2, 0.25) is 0 Å². The van der Waals surface area contributed by atoms with Gasteiger partial charge in [0, 0.05) is 11.8 Å². The lowest BCUT2D eigenvalue weighted by Gasteiger charge is -2.03. The Kier molecular flexibility index (Phi) is 5.65. The molecule has 3 rings (SSSR count). The number of methoxy groups -OCH3 is 2. The van der Waals surface area contributed by atoms with Gasteiger partial charge in [-0.2, -0.15) is 0 Å². The van der Waals surface area contributed by atoms with Crippen molar-refractivity contribution in [3.05, 3.63) is 62.2 Å². The minimum atomic E-state index is -0.478. The van der Waals surface area contributed by atoms with E-state index in [9.17, 15) is 9.59 Å². The number of amides is 1. The van der Waals surface area contributed by atoms with Gasteiger partial charge in [-0.3, -0.25) is 4.79 Å². The summed E-state index contributed by atoms with van der Waals surface area (Å²) in [5.74, 6) is -0.0373. The van der Waals surface area contributed by atoms with Crippen LogP contribution in [0.15, 0.2) is 41.1 Å². The Bertz CT molecular complexity index is 915. The summed E-state index contributed by atoms with van der Waals surface area (Å²) in [6.07, 6.45) is 0.633. The highest BCUT2D eigenvalue weighted by molar-refractivity contribution is 7.12. The first kappa shape index (κ1) is 18.1. The number of thiophene rings is 1. The molecule has 8 heteroatoms. The normalized spacial score (nSPS) is 10.4. The summed E-state index contributed by atoms with van der Waals surface area (Å²) < 4.78 is 9.85. The summed E-state index contributed by atoms with van der Waals surface area (Å²) in [5, 5.41) is 6.97. The topological polar surface area (TPSA) is 77.5 Å². The van der Waals surface area contributed by atoms with Crippen LogP contribution in [0.2, 0.25) is 0 Å². The number of anilines is 1. The van der Waals surface area contributed by atoms with Crippen molar-refractivity contribution >= 4 is 40.2 Å². The van der Waals surface area contributed by atoms with Crippen LogP contribution in [0.25, 0.3) is 0 Å². The summed E-state index contributed by atoms with van der Waals surface area (Å²) in [5.41, 5.74) is 1.83. The molecule has 2 heterocycles. The van der Waals surface area contributed by atoms with E-state index < -0.39 is 5.97 Å². The third-order valence-electron chi connectivity index (χ3n) is 3.58. The highest BCUT2D eigenvalue weighted by atomic mass is 32.1. The molecule has 0 aliphatic carbocycles. The van der Waals surface area contributed by atoms with Crippen molar-refractivity contribution in [2.45, 2.75) is 6.42 Å². The number of benzene rings is 1. The Morgan fingerprint density at radius 1 is 1.12 bits per heavy atom.